The molecule has 618 valence electrons. The molecule has 14 heterocycles. The smallest absolute Gasteiger partial charge is 0.160 e. The molecular weight excluding hydrogens is 1620 g/mol. The SMILES string of the molecule is c1ccc(-c2c3ccccc3c(-c3ccc(-c4nc(-c5ccncc5)c5ccc6cccnc6n45)cc3)c3ccccc23)cc1.c1ccc(-c2nc(-c3ccc(-c4nc(-c5ccncc5)c5ccc6cccnc6n45)cc3)nc3ccccc23)cc1.c1ccc(-c2nc3ccccc3n2-c2ccc(-c3ccc(-c4nc(-c5ccncc5)c5ccc6cccnc6n45)cc3)cc2)cc1. The van der Waals surface area contributed by atoms with Crippen molar-refractivity contribution in [3.05, 3.63) is 450 Å². The normalized spacial score (nSPS) is 11.5. The van der Waals surface area contributed by atoms with Gasteiger partial charge >= 0.3 is 0 Å². The summed E-state index contributed by atoms with van der Waals surface area (Å²) in [5, 5.41) is 9.19. The van der Waals surface area contributed by atoms with Crippen molar-refractivity contribution in [1.82, 2.24) is 77.6 Å². The van der Waals surface area contributed by atoms with E-state index in [1.807, 2.05) is 134 Å². The van der Waals surface area contributed by atoms with Crippen LogP contribution in [0.4, 0.5) is 0 Å². The van der Waals surface area contributed by atoms with Crippen LogP contribution >= 0.6 is 0 Å². The second kappa shape index (κ2) is 33.2. The van der Waals surface area contributed by atoms with Gasteiger partial charge < -0.3 is 0 Å². The lowest BCUT2D eigenvalue weighted by atomic mass is 9.86. The van der Waals surface area contributed by atoms with E-state index in [0.717, 1.165) is 185 Å². The van der Waals surface area contributed by atoms with E-state index in [4.69, 9.17) is 44.9 Å². The molecule has 26 aromatic rings. The zero-order valence-corrected chi connectivity index (χ0v) is 70.9. The van der Waals surface area contributed by atoms with Gasteiger partial charge in [-0.1, -0.05) is 255 Å². The van der Waals surface area contributed by atoms with E-state index in [2.05, 4.69) is 324 Å². The van der Waals surface area contributed by atoms with E-state index in [1.54, 1.807) is 24.8 Å². The molecule has 0 saturated carbocycles. The molecule has 0 aliphatic carbocycles. The zero-order valence-electron chi connectivity index (χ0n) is 70.9. The van der Waals surface area contributed by atoms with Gasteiger partial charge in [-0.25, -0.2) is 44.9 Å². The molecule has 16 heteroatoms. The number of para-hydroxylation sites is 3. The lowest BCUT2D eigenvalue weighted by Crippen LogP contribution is -1.97. The van der Waals surface area contributed by atoms with Crippen LogP contribution in [-0.2, 0) is 0 Å². The quantitative estimate of drug-likeness (QED) is 0.100. The summed E-state index contributed by atoms with van der Waals surface area (Å²) in [4.78, 5) is 57.3. The Hall–Kier alpha value is -18.3. The fourth-order valence-electron chi connectivity index (χ4n) is 18.5. The van der Waals surface area contributed by atoms with Crippen molar-refractivity contribution >= 4 is 93.1 Å². The van der Waals surface area contributed by atoms with Gasteiger partial charge in [-0.2, -0.15) is 0 Å². The lowest BCUT2D eigenvalue weighted by molar-refractivity contribution is 1.10. The predicted molar refractivity (Wildman–Crippen MR) is 533 cm³/mol. The van der Waals surface area contributed by atoms with Gasteiger partial charge in [0.1, 0.15) is 40.2 Å². The summed E-state index contributed by atoms with van der Waals surface area (Å²) in [7, 11) is 0. The van der Waals surface area contributed by atoms with Crippen LogP contribution in [-0.4, -0.2) is 77.6 Å². The van der Waals surface area contributed by atoms with Crippen molar-refractivity contribution in [3.63, 3.8) is 0 Å². The lowest BCUT2D eigenvalue weighted by Gasteiger charge is -2.17. The summed E-state index contributed by atoms with van der Waals surface area (Å²) in [5.41, 5.74) is 29.7. The molecule has 12 aromatic carbocycles. The number of nitrogens with zero attached hydrogens (tertiary/aromatic N) is 16. The first-order valence-electron chi connectivity index (χ1n) is 43.8. The number of imidazole rings is 4. The Kier molecular flexibility index (Phi) is 19.5. The van der Waals surface area contributed by atoms with Crippen LogP contribution in [0.2, 0.25) is 0 Å². The van der Waals surface area contributed by atoms with Crippen molar-refractivity contribution in [2.45, 2.75) is 0 Å². The van der Waals surface area contributed by atoms with Crippen LogP contribution in [0.3, 0.4) is 0 Å². The zero-order chi connectivity index (χ0) is 87.4. The molecule has 0 bridgehead atoms. The average Bonchev–Trinajstić information content (AvgIpc) is 1.53. The van der Waals surface area contributed by atoms with Crippen molar-refractivity contribution < 1.29 is 0 Å². The van der Waals surface area contributed by atoms with Crippen molar-refractivity contribution in [3.8, 4) is 141 Å². The monoisotopic (exact) mass is 1690 g/mol. The predicted octanol–water partition coefficient (Wildman–Crippen LogP) is 27.4. The van der Waals surface area contributed by atoms with Crippen LogP contribution in [0.1, 0.15) is 0 Å². The Labute approximate surface area is 756 Å². The van der Waals surface area contributed by atoms with Crippen LogP contribution in [0.5, 0.6) is 0 Å². The molecule has 0 saturated heterocycles. The van der Waals surface area contributed by atoms with E-state index in [9.17, 15) is 0 Å². The summed E-state index contributed by atoms with van der Waals surface area (Å²) in [5.74, 6) is 4.16. The highest BCUT2D eigenvalue weighted by atomic mass is 15.1. The molecule has 0 aliphatic rings. The van der Waals surface area contributed by atoms with Crippen molar-refractivity contribution in [2.75, 3.05) is 0 Å². The Morgan fingerprint density at radius 3 is 0.932 bits per heavy atom. The molecular formula is C116H74N16. The number of hydrogen-bond donors (Lipinski definition) is 0. The topological polar surface area (TPSA) is 173 Å². The minimum absolute atomic E-state index is 0.687. The number of hydrogen-bond acceptors (Lipinski definition) is 12. The Balaban J connectivity index is 0.000000109. The number of aromatic nitrogens is 16. The maximum Gasteiger partial charge on any atom is 0.160 e. The molecule has 0 amide bonds. The average molecular weight is 1690 g/mol. The van der Waals surface area contributed by atoms with Gasteiger partial charge in [0, 0.05) is 133 Å². The molecule has 0 unspecified atom stereocenters. The van der Waals surface area contributed by atoms with Gasteiger partial charge in [0.15, 0.2) is 5.82 Å². The third-order valence-electron chi connectivity index (χ3n) is 24.6. The maximum absolute atomic E-state index is 5.22. The molecule has 16 nitrogen and oxygen atoms in total. The van der Waals surface area contributed by atoms with E-state index in [-0.39, 0.29) is 0 Å². The number of fused-ring (bicyclic) bond motifs is 13. The number of pyridine rings is 9. The molecule has 132 heavy (non-hydrogen) atoms. The van der Waals surface area contributed by atoms with Gasteiger partial charge in [0.05, 0.1) is 55.9 Å². The van der Waals surface area contributed by atoms with E-state index < -0.39 is 0 Å². The molecule has 14 aromatic heterocycles. The first-order valence-corrected chi connectivity index (χ1v) is 43.8. The molecule has 0 fully saturated rings. The largest absolute Gasteiger partial charge is 0.292 e. The Bertz CT molecular complexity index is 8780. The number of benzene rings is 12. The first-order chi connectivity index (χ1) is 65.5. The molecule has 0 spiro atoms. The third-order valence-corrected chi connectivity index (χ3v) is 24.6. The second-order valence-electron chi connectivity index (χ2n) is 32.4. The molecule has 0 radical (unpaired) electrons. The minimum atomic E-state index is 0.687. The van der Waals surface area contributed by atoms with Gasteiger partial charge in [0.25, 0.3) is 0 Å². The molecule has 0 N–H and O–H groups in total. The Morgan fingerprint density at radius 2 is 0.500 bits per heavy atom. The summed E-state index contributed by atoms with van der Waals surface area (Å²) in [6, 6.07) is 137. The highest BCUT2D eigenvalue weighted by Crippen LogP contribution is 2.46. The molecule has 0 atom stereocenters. The number of rotatable bonds is 13. The highest BCUT2D eigenvalue weighted by Gasteiger charge is 2.25. The third kappa shape index (κ3) is 13.9. The van der Waals surface area contributed by atoms with Gasteiger partial charge in [-0.05, 0) is 194 Å². The minimum Gasteiger partial charge on any atom is -0.292 e. The second-order valence-corrected chi connectivity index (χ2v) is 32.4. The van der Waals surface area contributed by atoms with Crippen LogP contribution in [0.15, 0.2) is 450 Å². The summed E-state index contributed by atoms with van der Waals surface area (Å²) in [6.45, 7) is 0. The fraction of sp³-hybridized carbons (Fsp3) is 0. The van der Waals surface area contributed by atoms with Crippen molar-refractivity contribution in [2.24, 2.45) is 0 Å². The van der Waals surface area contributed by atoms with E-state index in [0.29, 0.717) is 5.82 Å². The fourth-order valence-corrected chi connectivity index (χ4v) is 18.5. The van der Waals surface area contributed by atoms with Crippen molar-refractivity contribution in [1.29, 1.82) is 0 Å². The maximum atomic E-state index is 5.22. The van der Waals surface area contributed by atoms with Crippen LogP contribution in [0.25, 0.3) is 234 Å². The summed E-state index contributed by atoms with van der Waals surface area (Å²) >= 11 is 0. The standard InChI is InChI=1S/C41H26N4.C40H26N6.C35H22N6/c1-2-9-27(10-3-1)37-32-12-4-6-14-34(32)38(35-15-7-5-13-33(35)37)28-16-18-31(19-17-28)41-44-39(29-22-25-42-26-23-29)36-21-20-30-11-8-24-43-40(30)45(36)41;1-2-7-30(8-3-1)39-43-34-10-4-5-11-35(34)45(39)33-19-16-28(17-20-33)27-12-14-32(15-13-27)40-44-37(29-22-25-41-26-23-29)36-21-18-31-9-6-24-42-38(31)46(36)40;1-2-7-23(8-3-1)31-28-10-4-5-11-29(28)38-33(39-31)25-12-14-27(15-13-25)35-40-32(24-18-21-36-22-19-24)30-17-16-26-9-6-20-37-34(26)41(30)35/h1-26H;1-26H;1-22H. The van der Waals surface area contributed by atoms with Crippen LogP contribution < -0.4 is 0 Å². The molecule has 26 rings (SSSR count). The van der Waals surface area contributed by atoms with E-state index in [1.165, 1.54) is 43.8 Å². The Morgan fingerprint density at radius 1 is 0.174 bits per heavy atom. The summed E-state index contributed by atoms with van der Waals surface area (Å²) < 4.78 is 8.72. The van der Waals surface area contributed by atoms with Gasteiger partial charge in [0.2, 0.25) is 0 Å². The highest BCUT2D eigenvalue weighted by molar-refractivity contribution is 6.21. The first kappa shape index (κ1) is 77.3. The van der Waals surface area contributed by atoms with Gasteiger partial charge in [-0.15, -0.1) is 0 Å². The molecule has 0 aliphatic heterocycles. The van der Waals surface area contributed by atoms with Crippen LogP contribution in [0, 0.1) is 0 Å². The van der Waals surface area contributed by atoms with E-state index >= 15 is 0 Å². The summed E-state index contributed by atoms with van der Waals surface area (Å²) in [6.07, 6.45) is 16.3. The van der Waals surface area contributed by atoms with Gasteiger partial charge in [-0.3, -0.25) is 32.7 Å².